The van der Waals surface area contributed by atoms with E-state index in [1.54, 1.807) is 24.3 Å². The van der Waals surface area contributed by atoms with Crippen LogP contribution in [-0.4, -0.2) is 11.4 Å². The quantitative estimate of drug-likeness (QED) is 0.463. The Bertz CT molecular complexity index is 641. The molecule has 5 heteroatoms. The standard InChI is InChI=1S/C18H17ClO4/c1-12(20)22-15-8-4-13(5-9-15)18(2,3)14-6-10-16(11-7-14)23-17(19)21/h4-11H,1-3H3. The number of halogens is 1. The fourth-order valence-corrected chi connectivity index (χ4v) is 2.39. The number of esters is 1. The van der Waals surface area contributed by atoms with Crippen molar-refractivity contribution in [3.05, 3.63) is 59.7 Å². The first kappa shape index (κ1) is 17.0. The van der Waals surface area contributed by atoms with Gasteiger partial charge in [0, 0.05) is 23.9 Å². The maximum absolute atomic E-state index is 11.0. The second-order valence-electron chi connectivity index (χ2n) is 5.61. The van der Waals surface area contributed by atoms with Crippen molar-refractivity contribution >= 4 is 23.0 Å². The van der Waals surface area contributed by atoms with E-state index in [-0.39, 0.29) is 11.4 Å². The Morgan fingerprint density at radius 2 is 1.22 bits per heavy atom. The smallest absolute Gasteiger partial charge is 0.409 e. The van der Waals surface area contributed by atoms with Crippen molar-refractivity contribution in [3.8, 4) is 11.5 Å². The highest BCUT2D eigenvalue weighted by molar-refractivity contribution is 6.61. The molecule has 0 aliphatic heterocycles. The molecule has 0 N–H and O–H groups in total. The van der Waals surface area contributed by atoms with Gasteiger partial charge in [0.25, 0.3) is 0 Å². The molecule has 0 radical (unpaired) electrons. The summed E-state index contributed by atoms with van der Waals surface area (Å²) < 4.78 is 9.86. The van der Waals surface area contributed by atoms with Gasteiger partial charge in [-0.2, -0.15) is 0 Å². The maximum Gasteiger partial charge on any atom is 0.409 e. The van der Waals surface area contributed by atoms with Gasteiger partial charge in [0.1, 0.15) is 11.5 Å². The van der Waals surface area contributed by atoms with Gasteiger partial charge < -0.3 is 9.47 Å². The van der Waals surface area contributed by atoms with Crippen LogP contribution < -0.4 is 9.47 Å². The van der Waals surface area contributed by atoms with E-state index in [1.807, 2.05) is 24.3 Å². The monoisotopic (exact) mass is 332 g/mol. The van der Waals surface area contributed by atoms with Crippen LogP contribution in [0.1, 0.15) is 31.9 Å². The fourth-order valence-electron chi connectivity index (χ4n) is 2.30. The van der Waals surface area contributed by atoms with Gasteiger partial charge in [-0.25, -0.2) is 4.79 Å². The zero-order valence-electron chi connectivity index (χ0n) is 13.1. The van der Waals surface area contributed by atoms with Gasteiger partial charge in [-0.15, -0.1) is 0 Å². The molecule has 2 aromatic carbocycles. The minimum absolute atomic E-state index is 0.266. The third-order valence-electron chi connectivity index (χ3n) is 3.61. The van der Waals surface area contributed by atoms with E-state index in [2.05, 4.69) is 13.8 Å². The van der Waals surface area contributed by atoms with Gasteiger partial charge in [0.15, 0.2) is 0 Å². The summed E-state index contributed by atoms with van der Waals surface area (Å²) in [6.07, 6.45) is 0. The molecule has 23 heavy (non-hydrogen) atoms. The number of benzene rings is 2. The van der Waals surface area contributed by atoms with Gasteiger partial charge in [0.05, 0.1) is 0 Å². The van der Waals surface area contributed by atoms with Crippen LogP contribution in [0.4, 0.5) is 4.79 Å². The summed E-state index contributed by atoms with van der Waals surface area (Å²) in [5, 5.41) is 0. The van der Waals surface area contributed by atoms with Crippen molar-refractivity contribution in [2.75, 3.05) is 0 Å². The number of hydrogen-bond donors (Lipinski definition) is 0. The molecule has 0 aromatic heterocycles. The molecule has 4 nitrogen and oxygen atoms in total. The molecule has 0 saturated heterocycles. The molecule has 0 unspecified atom stereocenters. The average Bonchev–Trinajstić information content (AvgIpc) is 2.47. The molecule has 0 aliphatic rings. The van der Waals surface area contributed by atoms with E-state index >= 15 is 0 Å². The molecule has 0 aliphatic carbocycles. The van der Waals surface area contributed by atoms with Crippen LogP contribution in [0.5, 0.6) is 11.5 Å². The van der Waals surface area contributed by atoms with E-state index in [0.717, 1.165) is 11.1 Å². The zero-order chi connectivity index (χ0) is 17.0. The van der Waals surface area contributed by atoms with Gasteiger partial charge in [0.2, 0.25) is 0 Å². The van der Waals surface area contributed by atoms with Crippen molar-refractivity contribution in [1.29, 1.82) is 0 Å². The van der Waals surface area contributed by atoms with E-state index in [0.29, 0.717) is 11.5 Å². The molecule has 0 atom stereocenters. The summed E-state index contributed by atoms with van der Waals surface area (Å²) in [5.74, 6) is 0.567. The Kier molecular flexibility index (Phi) is 5.06. The lowest BCUT2D eigenvalue weighted by molar-refractivity contribution is -0.131. The Labute approximate surface area is 140 Å². The number of carbonyl (C=O) groups excluding carboxylic acids is 2. The number of ether oxygens (including phenoxy) is 2. The van der Waals surface area contributed by atoms with Crippen molar-refractivity contribution in [2.45, 2.75) is 26.2 Å². The normalized spacial score (nSPS) is 11.0. The van der Waals surface area contributed by atoms with Crippen molar-refractivity contribution in [3.63, 3.8) is 0 Å². The number of carbonyl (C=O) groups is 2. The number of rotatable bonds is 4. The zero-order valence-corrected chi connectivity index (χ0v) is 13.9. The Morgan fingerprint density at radius 1 is 0.826 bits per heavy atom. The summed E-state index contributed by atoms with van der Waals surface area (Å²) in [5.41, 5.74) is 0.985. The molecule has 2 aromatic rings. The van der Waals surface area contributed by atoms with Crippen LogP contribution >= 0.6 is 11.6 Å². The highest BCUT2D eigenvalue weighted by Crippen LogP contribution is 2.33. The first-order valence-electron chi connectivity index (χ1n) is 7.06. The minimum atomic E-state index is -0.863. The second-order valence-corrected chi connectivity index (χ2v) is 5.92. The van der Waals surface area contributed by atoms with Gasteiger partial charge in [-0.3, -0.25) is 4.79 Å². The van der Waals surface area contributed by atoms with Crippen LogP contribution in [0.15, 0.2) is 48.5 Å². The second kappa shape index (κ2) is 6.84. The molecule has 0 bridgehead atoms. The van der Waals surface area contributed by atoms with Gasteiger partial charge in [-0.05, 0) is 35.4 Å². The molecule has 2 rings (SSSR count). The van der Waals surface area contributed by atoms with Crippen molar-refractivity contribution < 1.29 is 19.1 Å². The summed E-state index contributed by atoms with van der Waals surface area (Å²) in [6.45, 7) is 5.53. The first-order valence-corrected chi connectivity index (χ1v) is 7.43. The van der Waals surface area contributed by atoms with Crippen LogP contribution in [0.3, 0.4) is 0 Å². The fraction of sp³-hybridized carbons (Fsp3) is 0.222. The molecule has 0 fully saturated rings. The lowest BCUT2D eigenvalue weighted by Gasteiger charge is -2.26. The lowest BCUT2D eigenvalue weighted by atomic mass is 9.78. The molecule has 0 amide bonds. The maximum atomic E-state index is 11.0. The molecule has 0 spiro atoms. The molecule has 120 valence electrons. The predicted molar refractivity (Wildman–Crippen MR) is 88.2 cm³/mol. The summed E-state index contributed by atoms with van der Waals surface area (Å²) in [7, 11) is 0. The van der Waals surface area contributed by atoms with E-state index in [1.165, 1.54) is 6.92 Å². The van der Waals surface area contributed by atoms with E-state index < -0.39 is 5.43 Å². The largest absolute Gasteiger partial charge is 0.427 e. The van der Waals surface area contributed by atoms with Crippen LogP contribution in [0.25, 0.3) is 0 Å². The average molecular weight is 333 g/mol. The first-order chi connectivity index (χ1) is 10.8. The summed E-state index contributed by atoms with van der Waals surface area (Å²) in [6, 6.07) is 14.5. The van der Waals surface area contributed by atoms with Gasteiger partial charge in [-0.1, -0.05) is 38.1 Å². The summed E-state index contributed by atoms with van der Waals surface area (Å²) >= 11 is 5.19. The lowest BCUT2D eigenvalue weighted by Crippen LogP contribution is -2.18. The predicted octanol–water partition coefficient (Wildman–Crippen LogP) is 4.68. The van der Waals surface area contributed by atoms with E-state index in [4.69, 9.17) is 21.1 Å². The topological polar surface area (TPSA) is 52.6 Å². The Hall–Kier alpha value is -2.33. The van der Waals surface area contributed by atoms with Gasteiger partial charge >= 0.3 is 11.4 Å². The molecule has 0 heterocycles. The highest BCUT2D eigenvalue weighted by atomic mass is 35.5. The van der Waals surface area contributed by atoms with Crippen LogP contribution in [-0.2, 0) is 10.2 Å². The van der Waals surface area contributed by atoms with Crippen molar-refractivity contribution in [2.24, 2.45) is 0 Å². The van der Waals surface area contributed by atoms with E-state index in [9.17, 15) is 9.59 Å². The molecular formula is C18H17ClO4. The SMILES string of the molecule is CC(=O)Oc1ccc(C(C)(C)c2ccc(OC(=O)Cl)cc2)cc1. The van der Waals surface area contributed by atoms with Crippen LogP contribution in [0.2, 0.25) is 0 Å². The number of hydrogen-bond acceptors (Lipinski definition) is 4. The van der Waals surface area contributed by atoms with Crippen LogP contribution in [0, 0.1) is 0 Å². The summed E-state index contributed by atoms with van der Waals surface area (Å²) in [4.78, 5) is 21.7. The van der Waals surface area contributed by atoms with Crippen molar-refractivity contribution in [1.82, 2.24) is 0 Å². The third-order valence-corrected chi connectivity index (χ3v) is 3.69. The molecular weight excluding hydrogens is 316 g/mol. The minimum Gasteiger partial charge on any atom is -0.427 e. The Balaban J connectivity index is 2.23. The molecule has 0 saturated carbocycles. The third kappa shape index (κ3) is 4.33. The highest BCUT2D eigenvalue weighted by Gasteiger charge is 2.23. The Morgan fingerprint density at radius 3 is 1.57 bits per heavy atom.